The number of nitrogens with zero attached hydrogens (tertiary/aromatic N) is 3. The fourth-order valence-electron chi connectivity index (χ4n) is 1.83. The molecule has 16 heavy (non-hydrogen) atoms. The maximum Gasteiger partial charge on any atom is 0.0672 e. The van der Waals surface area contributed by atoms with Crippen LogP contribution in [0.1, 0.15) is 29.8 Å². The van der Waals surface area contributed by atoms with Gasteiger partial charge < -0.3 is 5.73 Å². The third kappa shape index (κ3) is 1.97. The second kappa shape index (κ2) is 4.45. The Labute approximate surface area is 95.1 Å². The number of hydrogen-bond donors (Lipinski definition) is 1. The van der Waals surface area contributed by atoms with Crippen LogP contribution in [0.25, 0.3) is 0 Å². The lowest BCUT2D eigenvalue weighted by atomic mass is 10.0. The van der Waals surface area contributed by atoms with Crippen LogP contribution in [-0.2, 0) is 13.5 Å². The summed E-state index contributed by atoms with van der Waals surface area (Å²) in [5.41, 5.74) is 9.37. The van der Waals surface area contributed by atoms with Crippen LogP contribution in [0.2, 0.25) is 0 Å². The fraction of sp³-hybridized carbons (Fsp3) is 0.333. The Balaban J connectivity index is 2.37. The number of pyridine rings is 1. The second-order valence-corrected chi connectivity index (χ2v) is 3.82. The van der Waals surface area contributed by atoms with Crippen LogP contribution < -0.4 is 5.73 Å². The van der Waals surface area contributed by atoms with E-state index in [1.165, 1.54) is 0 Å². The highest BCUT2D eigenvalue weighted by Crippen LogP contribution is 2.21. The van der Waals surface area contributed by atoms with Gasteiger partial charge in [0, 0.05) is 31.2 Å². The molecule has 0 fully saturated rings. The summed E-state index contributed by atoms with van der Waals surface area (Å²) in [7, 11) is 1.92. The molecule has 0 aliphatic heterocycles. The van der Waals surface area contributed by atoms with E-state index in [0.717, 1.165) is 23.2 Å². The van der Waals surface area contributed by atoms with Gasteiger partial charge in [0.15, 0.2) is 0 Å². The first kappa shape index (κ1) is 10.8. The fourth-order valence-corrected chi connectivity index (χ4v) is 1.83. The predicted molar refractivity (Wildman–Crippen MR) is 62.9 cm³/mol. The van der Waals surface area contributed by atoms with Crippen LogP contribution in [0.3, 0.4) is 0 Å². The highest BCUT2D eigenvalue weighted by atomic mass is 15.3. The van der Waals surface area contributed by atoms with E-state index in [1.54, 1.807) is 12.4 Å². The molecule has 1 unspecified atom stereocenters. The van der Waals surface area contributed by atoms with Crippen molar-refractivity contribution in [3.05, 3.63) is 47.5 Å². The van der Waals surface area contributed by atoms with E-state index in [0.29, 0.717) is 0 Å². The highest BCUT2D eigenvalue weighted by molar-refractivity contribution is 5.31. The zero-order valence-electron chi connectivity index (χ0n) is 9.59. The molecule has 2 rings (SSSR count). The average Bonchev–Trinajstić information content (AvgIpc) is 2.70. The van der Waals surface area contributed by atoms with Crippen LogP contribution in [0.4, 0.5) is 0 Å². The summed E-state index contributed by atoms with van der Waals surface area (Å²) in [6, 6.07) is 3.75. The van der Waals surface area contributed by atoms with Gasteiger partial charge in [-0.05, 0) is 18.1 Å². The van der Waals surface area contributed by atoms with Crippen molar-refractivity contribution in [2.24, 2.45) is 12.8 Å². The van der Waals surface area contributed by atoms with Gasteiger partial charge in [0.1, 0.15) is 0 Å². The Morgan fingerprint density at radius 1 is 1.50 bits per heavy atom. The topological polar surface area (TPSA) is 56.7 Å². The van der Waals surface area contributed by atoms with Crippen molar-refractivity contribution in [1.29, 1.82) is 0 Å². The molecule has 0 amide bonds. The molecule has 1 atom stereocenters. The molecule has 0 bridgehead atoms. The van der Waals surface area contributed by atoms with Gasteiger partial charge in [-0.2, -0.15) is 5.10 Å². The molecule has 0 aliphatic carbocycles. The van der Waals surface area contributed by atoms with Gasteiger partial charge in [0.05, 0.1) is 11.7 Å². The molecule has 0 saturated carbocycles. The lowest BCUT2D eigenvalue weighted by Crippen LogP contribution is -2.13. The molecule has 0 aliphatic rings. The number of aromatic nitrogens is 3. The molecule has 84 valence electrons. The Morgan fingerprint density at radius 3 is 2.94 bits per heavy atom. The molecule has 2 aromatic heterocycles. The number of rotatable bonds is 3. The van der Waals surface area contributed by atoms with Crippen LogP contribution in [-0.4, -0.2) is 14.8 Å². The largest absolute Gasteiger partial charge is 0.320 e. The predicted octanol–water partition coefficient (Wildman–Crippen LogP) is 1.43. The first-order valence-corrected chi connectivity index (χ1v) is 5.40. The first-order valence-electron chi connectivity index (χ1n) is 5.40. The lowest BCUT2D eigenvalue weighted by molar-refractivity contribution is 0.746. The molecular formula is C12H16N4. The smallest absolute Gasteiger partial charge is 0.0672 e. The minimum absolute atomic E-state index is 0.141. The van der Waals surface area contributed by atoms with Crippen LogP contribution in [0, 0.1) is 0 Å². The van der Waals surface area contributed by atoms with Crippen molar-refractivity contribution in [3.63, 3.8) is 0 Å². The summed E-state index contributed by atoms with van der Waals surface area (Å²) < 4.78 is 1.81. The quantitative estimate of drug-likeness (QED) is 0.844. The molecule has 4 nitrogen and oxygen atoms in total. The summed E-state index contributed by atoms with van der Waals surface area (Å²) in [6.45, 7) is 2.09. The summed E-state index contributed by atoms with van der Waals surface area (Å²) in [5.74, 6) is 0. The summed E-state index contributed by atoms with van der Waals surface area (Å²) in [6.07, 6.45) is 6.43. The zero-order chi connectivity index (χ0) is 11.5. The maximum absolute atomic E-state index is 6.21. The summed E-state index contributed by atoms with van der Waals surface area (Å²) >= 11 is 0. The van der Waals surface area contributed by atoms with Gasteiger partial charge in [-0.1, -0.05) is 13.0 Å². The van der Waals surface area contributed by atoms with E-state index in [4.69, 9.17) is 5.73 Å². The molecular weight excluding hydrogens is 200 g/mol. The van der Waals surface area contributed by atoms with E-state index in [1.807, 2.05) is 30.1 Å². The molecule has 0 aromatic carbocycles. The van der Waals surface area contributed by atoms with Crippen molar-refractivity contribution in [2.75, 3.05) is 0 Å². The van der Waals surface area contributed by atoms with Crippen LogP contribution >= 0.6 is 0 Å². The molecule has 2 heterocycles. The molecule has 2 N–H and O–H groups in total. The average molecular weight is 216 g/mol. The zero-order valence-corrected chi connectivity index (χ0v) is 9.59. The third-order valence-corrected chi connectivity index (χ3v) is 2.65. The Bertz CT molecular complexity index is 461. The third-order valence-electron chi connectivity index (χ3n) is 2.65. The number of hydrogen-bond acceptors (Lipinski definition) is 3. The Kier molecular flexibility index (Phi) is 3.01. The van der Waals surface area contributed by atoms with Gasteiger partial charge in [-0.25, -0.2) is 0 Å². The van der Waals surface area contributed by atoms with Gasteiger partial charge in [-0.3, -0.25) is 9.67 Å². The van der Waals surface area contributed by atoms with Crippen molar-refractivity contribution in [2.45, 2.75) is 19.4 Å². The van der Waals surface area contributed by atoms with E-state index in [-0.39, 0.29) is 6.04 Å². The van der Waals surface area contributed by atoms with Gasteiger partial charge in [0.25, 0.3) is 0 Å². The number of aryl methyl sites for hydroxylation is 2. The first-order chi connectivity index (χ1) is 7.72. The Morgan fingerprint density at radius 2 is 2.31 bits per heavy atom. The van der Waals surface area contributed by atoms with E-state index in [2.05, 4.69) is 17.0 Å². The maximum atomic E-state index is 6.21. The minimum atomic E-state index is -0.141. The SMILES string of the molecule is CCc1nn(C)cc1C(N)c1cccnc1. The van der Waals surface area contributed by atoms with Gasteiger partial charge >= 0.3 is 0 Å². The van der Waals surface area contributed by atoms with Gasteiger partial charge in [-0.15, -0.1) is 0 Å². The molecule has 0 radical (unpaired) electrons. The monoisotopic (exact) mass is 216 g/mol. The summed E-state index contributed by atoms with van der Waals surface area (Å²) in [5, 5.41) is 4.39. The second-order valence-electron chi connectivity index (χ2n) is 3.82. The normalized spacial score (nSPS) is 12.7. The van der Waals surface area contributed by atoms with Crippen LogP contribution in [0.15, 0.2) is 30.7 Å². The van der Waals surface area contributed by atoms with Gasteiger partial charge in [0.2, 0.25) is 0 Å². The molecule has 2 aromatic rings. The molecule has 4 heteroatoms. The van der Waals surface area contributed by atoms with Crippen LogP contribution in [0.5, 0.6) is 0 Å². The summed E-state index contributed by atoms with van der Waals surface area (Å²) in [4.78, 5) is 4.09. The standard InChI is InChI=1S/C12H16N4/c1-3-11-10(8-16(2)15-11)12(13)9-5-4-6-14-7-9/h4-8,12H,3,13H2,1-2H3. The van der Waals surface area contributed by atoms with Crippen molar-refractivity contribution >= 4 is 0 Å². The Hall–Kier alpha value is -1.68. The molecule has 0 saturated heterocycles. The van der Waals surface area contributed by atoms with E-state index in [9.17, 15) is 0 Å². The minimum Gasteiger partial charge on any atom is -0.320 e. The van der Waals surface area contributed by atoms with Crippen molar-refractivity contribution in [3.8, 4) is 0 Å². The van der Waals surface area contributed by atoms with E-state index < -0.39 is 0 Å². The van der Waals surface area contributed by atoms with E-state index >= 15 is 0 Å². The van der Waals surface area contributed by atoms with Crippen molar-refractivity contribution in [1.82, 2.24) is 14.8 Å². The highest BCUT2D eigenvalue weighted by Gasteiger charge is 2.15. The lowest BCUT2D eigenvalue weighted by Gasteiger charge is -2.10. The number of nitrogens with two attached hydrogens (primary N) is 1. The van der Waals surface area contributed by atoms with Crippen molar-refractivity contribution < 1.29 is 0 Å². The molecule has 0 spiro atoms.